The maximum Gasteiger partial charge on any atom is 0.416 e. The van der Waals surface area contributed by atoms with Crippen molar-refractivity contribution in [2.45, 2.75) is 45.7 Å². The van der Waals surface area contributed by atoms with Crippen LogP contribution in [0.4, 0.5) is 13.2 Å². The zero-order valence-corrected chi connectivity index (χ0v) is 11.8. The molecule has 0 atom stereocenters. The van der Waals surface area contributed by atoms with Crippen LogP contribution in [0.15, 0.2) is 18.2 Å². The molecule has 0 bridgehead atoms. The molecule has 0 saturated heterocycles. The van der Waals surface area contributed by atoms with Crippen LogP contribution < -0.4 is 4.74 Å². The highest BCUT2D eigenvalue weighted by molar-refractivity contribution is 5.39. The largest absolute Gasteiger partial charge is 0.493 e. The second-order valence-corrected chi connectivity index (χ2v) is 4.38. The highest BCUT2D eigenvalue weighted by Gasteiger charge is 2.31. The summed E-state index contributed by atoms with van der Waals surface area (Å²) < 4.78 is 43.7. The first-order valence-corrected chi connectivity index (χ1v) is 6.77. The van der Waals surface area contributed by atoms with Gasteiger partial charge in [0.25, 0.3) is 0 Å². The molecule has 110 valence electrons. The van der Waals surface area contributed by atoms with Crippen molar-refractivity contribution in [2.75, 3.05) is 6.61 Å². The first kappa shape index (κ1) is 16.4. The fourth-order valence-electron chi connectivity index (χ4n) is 1.71. The molecule has 0 aliphatic carbocycles. The van der Waals surface area contributed by atoms with Crippen molar-refractivity contribution in [3.63, 3.8) is 0 Å². The zero-order valence-electron chi connectivity index (χ0n) is 11.8. The van der Waals surface area contributed by atoms with Crippen molar-refractivity contribution >= 4 is 0 Å². The quantitative estimate of drug-likeness (QED) is 0.703. The molecular formula is C16H19F3O. The minimum Gasteiger partial charge on any atom is -0.493 e. The number of aryl methyl sites for hydroxylation is 1. The minimum absolute atomic E-state index is 0.468. The summed E-state index contributed by atoms with van der Waals surface area (Å²) in [5.74, 6) is 6.38. The number of hydrogen-bond donors (Lipinski definition) is 0. The smallest absolute Gasteiger partial charge is 0.416 e. The summed E-state index contributed by atoms with van der Waals surface area (Å²) in [6.45, 7) is 4.39. The molecule has 0 aromatic heterocycles. The Morgan fingerprint density at radius 3 is 2.50 bits per heavy atom. The van der Waals surface area contributed by atoms with E-state index in [1.807, 2.05) is 13.8 Å². The number of hydrogen-bond acceptors (Lipinski definition) is 1. The van der Waals surface area contributed by atoms with Crippen molar-refractivity contribution in [3.05, 3.63) is 29.3 Å². The van der Waals surface area contributed by atoms with E-state index in [0.717, 1.165) is 18.9 Å². The molecule has 1 aromatic rings. The highest BCUT2D eigenvalue weighted by atomic mass is 19.4. The van der Waals surface area contributed by atoms with E-state index in [2.05, 4.69) is 11.8 Å². The molecular weight excluding hydrogens is 265 g/mol. The normalized spacial score (nSPS) is 10.8. The van der Waals surface area contributed by atoms with E-state index in [1.165, 1.54) is 12.1 Å². The van der Waals surface area contributed by atoms with Crippen LogP contribution in [0.25, 0.3) is 0 Å². The first-order chi connectivity index (χ1) is 9.49. The van der Waals surface area contributed by atoms with Gasteiger partial charge in [-0.05, 0) is 36.6 Å². The Hall–Kier alpha value is -1.63. The van der Waals surface area contributed by atoms with Crippen molar-refractivity contribution < 1.29 is 17.9 Å². The van der Waals surface area contributed by atoms with Gasteiger partial charge in [-0.3, -0.25) is 0 Å². The zero-order chi connectivity index (χ0) is 15.0. The summed E-state index contributed by atoms with van der Waals surface area (Å²) in [5, 5.41) is 0. The molecule has 1 nitrogen and oxygen atoms in total. The lowest BCUT2D eigenvalue weighted by Gasteiger charge is -2.13. The summed E-state index contributed by atoms with van der Waals surface area (Å²) >= 11 is 0. The standard InChI is InChI=1S/C16H19F3O/c1-3-5-6-7-8-13-12-14(16(17,18)19)9-10-15(13)20-11-4-2/h9-10,12H,3-4,7-8,11H2,1-2H3. The molecule has 4 heteroatoms. The monoisotopic (exact) mass is 284 g/mol. The van der Waals surface area contributed by atoms with Crippen LogP contribution in [0, 0.1) is 11.8 Å². The molecule has 0 aliphatic heterocycles. The van der Waals surface area contributed by atoms with E-state index in [0.29, 0.717) is 30.8 Å². The average molecular weight is 284 g/mol. The van der Waals surface area contributed by atoms with Gasteiger partial charge in [0.2, 0.25) is 0 Å². The number of benzene rings is 1. The SMILES string of the molecule is CCC#CCCc1cc(C(F)(F)F)ccc1OCCC. The lowest BCUT2D eigenvalue weighted by Crippen LogP contribution is -2.07. The van der Waals surface area contributed by atoms with Crippen LogP contribution in [-0.4, -0.2) is 6.61 Å². The molecule has 0 radical (unpaired) electrons. The molecule has 0 N–H and O–H groups in total. The number of rotatable bonds is 5. The van der Waals surface area contributed by atoms with Crippen LogP contribution in [0.5, 0.6) is 5.75 Å². The van der Waals surface area contributed by atoms with Crippen molar-refractivity contribution in [3.8, 4) is 17.6 Å². The summed E-state index contributed by atoms with van der Waals surface area (Å²) in [6.07, 6.45) is -1.75. The molecule has 0 aliphatic rings. The van der Waals surface area contributed by atoms with Gasteiger partial charge in [-0.25, -0.2) is 0 Å². The van der Waals surface area contributed by atoms with E-state index >= 15 is 0 Å². The molecule has 0 unspecified atom stereocenters. The average Bonchev–Trinajstić information content (AvgIpc) is 2.41. The Balaban J connectivity index is 2.93. The summed E-state index contributed by atoms with van der Waals surface area (Å²) in [4.78, 5) is 0. The Bertz CT molecular complexity index is 481. The van der Waals surface area contributed by atoms with E-state index < -0.39 is 11.7 Å². The summed E-state index contributed by atoms with van der Waals surface area (Å²) in [5.41, 5.74) is -0.0709. The van der Waals surface area contributed by atoms with Gasteiger partial charge in [-0.1, -0.05) is 13.8 Å². The van der Waals surface area contributed by atoms with Crippen LogP contribution in [-0.2, 0) is 12.6 Å². The van der Waals surface area contributed by atoms with Gasteiger partial charge in [-0.15, -0.1) is 11.8 Å². The van der Waals surface area contributed by atoms with E-state index in [9.17, 15) is 13.2 Å². The topological polar surface area (TPSA) is 9.23 Å². The maximum absolute atomic E-state index is 12.7. The number of alkyl halides is 3. The van der Waals surface area contributed by atoms with Crippen LogP contribution in [0.3, 0.4) is 0 Å². The number of ether oxygens (including phenoxy) is 1. The predicted octanol–water partition coefficient (Wildman–Crippen LogP) is 4.84. The van der Waals surface area contributed by atoms with Crippen molar-refractivity contribution in [2.24, 2.45) is 0 Å². The van der Waals surface area contributed by atoms with Crippen molar-refractivity contribution in [1.82, 2.24) is 0 Å². The Morgan fingerprint density at radius 1 is 1.15 bits per heavy atom. The molecule has 0 spiro atoms. The van der Waals surface area contributed by atoms with E-state index in [4.69, 9.17) is 4.74 Å². The molecule has 1 aromatic carbocycles. The van der Waals surface area contributed by atoms with E-state index in [1.54, 1.807) is 0 Å². The minimum atomic E-state index is -4.33. The lowest BCUT2D eigenvalue weighted by molar-refractivity contribution is -0.137. The Kier molecular flexibility index (Phi) is 6.44. The third kappa shape index (κ3) is 5.16. The molecule has 0 saturated carbocycles. The van der Waals surface area contributed by atoms with Gasteiger partial charge in [0.1, 0.15) is 5.75 Å². The van der Waals surface area contributed by atoms with Gasteiger partial charge < -0.3 is 4.74 Å². The van der Waals surface area contributed by atoms with Gasteiger partial charge in [0, 0.05) is 12.8 Å². The molecule has 0 heterocycles. The maximum atomic E-state index is 12.7. The molecule has 0 fully saturated rings. The third-order valence-electron chi connectivity index (χ3n) is 2.67. The Morgan fingerprint density at radius 2 is 1.90 bits per heavy atom. The van der Waals surface area contributed by atoms with E-state index in [-0.39, 0.29) is 0 Å². The first-order valence-electron chi connectivity index (χ1n) is 6.77. The molecule has 20 heavy (non-hydrogen) atoms. The van der Waals surface area contributed by atoms with Crippen molar-refractivity contribution in [1.29, 1.82) is 0 Å². The van der Waals surface area contributed by atoms with Gasteiger partial charge >= 0.3 is 6.18 Å². The second-order valence-electron chi connectivity index (χ2n) is 4.38. The molecule has 1 rings (SSSR count). The van der Waals surface area contributed by atoms with Crippen LogP contribution >= 0.6 is 0 Å². The third-order valence-corrected chi connectivity index (χ3v) is 2.67. The lowest BCUT2D eigenvalue weighted by atomic mass is 10.0. The molecule has 0 amide bonds. The highest BCUT2D eigenvalue weighted by Crippen LogP contribution is 2.33. The fraction of sp³-hybridized carbons (Fsp3) is 0.500. The summed E-state index contributed by atoms with van der Waals surface area (Å²) in [6, 6.07) is 3.63. The number of halogens is 3. The van der Waals surface area contributed by atoms with Crippen LogP contribution in [0.1, 0.15) is 44.2 Å². The second kappa shape index (κ2) is 7.84. The Labute approximate surface area is 118 Å². The fourth-order valence-corrected chi connectivity index (χ4v) is 1.71. The predicted molar refractivity (Wildman–Crippen MR) is 73.6 cm³/mol. The summed E-state index contributed by atoms with van der Waals surface area (Å²) in [7, 11) is 0. The van der Waals surface area contributed by atoms with Gasteiger partial charge in [0.15, 0.2) is 0 Å². The van der Waals surface area contributed by atoms with Gasteiger partial charge in [0.05, 0.1) is 12.2 Å². The van der Waals surface area contributed by atoms with Crippen LogP contribution in [0.2, 0.25) is 0 Å². The van der Waals surface area contributed by atoms with Gasteiger partial charge in [-0.2, -0.15) is 13.2 Å².